The molecule has 180 valence electrons. The predicted molar refractivity (Wildman–Crippen MR) is 131 cm³/mol. The molecule has 0 atom stereocenters. The van der Waals surface area contributed by atoms with Crippen molar-refractivity contribution >= 4 is 11.7 Å². The second-order valence-electron chi connectivity index (χ2n) is 8.86. The molecule has 1 aliphatic carbocycles. The minimum atomic E-state index is -0.0570. The standard InChI is InChI=1S/C27H33N3O4/c31-17-4-11-28-27(33)25-8-2-1-7-24(25)21-9-12-29(13-10-21)14-15-30-16-18-34-26(20-30)22-5-3-6-23(32)19-22/h1-3,5-8,16,18,20-21,31H,4,9-15,17,19H2,(H,28,33). The maximum absolute atomic E-state index is 12.6. The fraction of sp³-hybridized carbons (Fsp3) is 0.407. The van der Waals surface area contributed by atoms with Crippen LogP contribution in [0.4, 0.5) is 0 Å². The van der Waals surface area contributed by atoms with Crippen LogP contribution in [0.15, 0.2) is 72.5 Å². The number of ether oxygens (including phenoxy) is 1. The van der Waals surface area contributed by atoms with Crippen LogP contribution in [-0.4, -0.2) is 65.9 Å². The van der Waals surface area contributed by atoms with Crippen molar-refractivity contribution in [2.75, 3.05) is 39.3 Å². The number of piperidine rings is 1. The first-order chi connectivity index (χ1) is 16.6. The number of aliphatic hydroxyl groups excluding tert-OH is 1. The summed E-state index contributed by atoms with van der Waals surface area (Å²) in [4.78, 5) is 28.9. The van der Waals surface area contributed by atoms with Crippen LogP contribution in [0.1, 0.15) is 47.5 Å². The Balaban J connectivity index is 1.28. The quantitative estimate of drug-likeness (QED) is 0.548. The van der Waals surface area contributed by atoms with Crippen molar-refractivity contribution in [1.29, 1.82) is 0 Å². The zero-order valence-corrected chi connectivity index (χ0v) is 19.5. The molecule has 7 nitrogen and oxygen atoms in total. The summed E-state index contributed by atoms with van der Waals surface area (Å²) in [6, 6.07) is 7.89. The Labute approximate surface area is 201 Å². The fourth-order valence-electron chi connectivity index (χ4n) is 4.61. The van der Waals surface area contributed by atoms with E-state index in [-0.39, 0.29) is 18.3 Å². The zero-order chi connectivity index (χ0) is 23.8. The second kappa shape index (κ2) is 11.8. The topological polar surface area (TPSA) is 82.1 Å². The number of carbonyl (C=O) groups excluding carboxylic acids is 2. The van der Waals surface area contributed by atoms with Gasteiger partial charge in [-0.25, -0.2) is 0 Å². The molecule has 0 saturated carbocycles. The van der Waals surface area contributed by atoms with Crippen molar-refractivity contribution in [3.8, 4) is 0 Å². The smallest absolute Gasteiger partial charge is 0.251 e. The van der Waals surface area contributed by atoms with E-state index in [9.17, 15) is 9.59 Å². The highest BCUT2D eigenvalue weighted by atomic mass is 16.5. The molecule has 0 spiro atoms. The number of nitrogens with zero attached hydrogens (tertiary/aromatic N) is 2. The summed E-state index contributed by atoms with van der Waals surface area (Å²) >= 11 is 0. The Morgan fingerprint density at radius 2 is 2.00 bits per heavy atom. The van der Waals surface area contributed by atoms with E-state index < -0.39 is 0 Å². The van der Waals surface area contributed by atoms with Crippen LogP contribution < -0.4 is 5.32 Å². The lowest BCUT2D eigenvalue weighted by Gasteiger charge is -2.34. The van der Waals surface area contributed by atoms with Gasteiger partial charge in [0.05, 0.1) is 0 Å². The minimum Gasteiger partial charge on any atom is -0.462 e. The summed E-state index contributed by atoms with van der Waals surface area (Å²) in [5, 5.41) is 11.9. The Bertz CT molecular complexity index is 1000. The molecule has 2 aliphatic heterocycles. The molecule has 7 heteroatoms. The van der Waals surface area contributed by atoms with E-state index >= 15 is 0 Å². The first-order valence-electron chi connectivity index (χ1n) is 12.1. The lowest BCUT2D eigenvalue weighted by atomic mass is 9.86. The number of rotatable bonds is 9. The van der Waals surface area contributed by atoms with Crippen LogP contribution in [0.25, 0.3) is 0 Å². The Morgan fingerprint density at radius 1 is 1.18 bits per heavy atom. The first kappa shape index (κ1) is 24.0. The molecule has 2 N–H and O–H groups in total. The highest BCUT2D eigenvalue weighted by Crippen LogP contribution is 2.30. The Kier molecular flexibility index (Phi) is 8.33. The summed E-state index contributed by atoms with van der Waals surface area (Å²) < 4.78 is 5.64. The molecule has 0 aromatic heterocycles. The molecule has 4 rings (SSSR count). The van der Waals surface area contributed by atoms with Gasteiger partial charge in [-0.2, -0.15) is 0 Å². The number of hydrogen-bond donors (Lipinski definition) is 2. The molecule has 3 aliphatic rings. The molecule has 2 heterocycles. The molecule has 1 aromatic carbocycles. The van der Waals surface area contributed by atoms with Gasteiger partial charge in [0.25, 0.3) is 5.91 Å². The largest absolute Gasteiger partial charge is 0.462 e. The van der Waals surface area contributed by atoms with E-state index in [4.69, 9.17) is 9.84 Å². The maximum Gasteiger partial charge on any atom is 0.251 e. The maximum atomic E-state index is 12.6. The first-order valence-corrected chi connectivity index (χ1v) is 12.1. The van der Waals surface area contributed by atoms with Gasteiger partial charge in [-0.1, -0.05) is 30.4 Å². The summed E-state index contributed by atoms with van der Waals surface area (Å²) in [7, 11) is 0. The van der Waals surface area contributed by atoms with Crippen LogP contribution in [0.3, 0.4) is 0 Å². The van der Waals surface area contributed by atoms with Crippen molar-refractivity contribution in [2.45, 2.75) is 31.6 Å². The molecule has 0 bridgehead atoms. The van der Waals surface area contributed by atoms with Gasteiger partial charge in [-0.3, -0.25) is 9.59 Å². The van der Waals surface area contributed by atoms with Gasteiger partial charge in [-0.05, 0) is 56.0 Å². The molecular weight excluding hydrogens is 430 g/mol. The van der Waals surface area contributed by atoms with Crippen LogP contribution in [-0.2, 0) is 9.53 Å². The highest BCUT2D eigenvalue weighted by molar-refractivity contribution is 5.96. The third-order valence-corrected chi connectivity index (χ3v) is 6.52. The zero-order valence-electron chi connectivity index (χ0n) is 19.5. The predicted octanol–water partition coefficient (Wildman–Crippen LogP) is 3.08. The number of hydrogen-bond acceptors (Lipinski definition) is 6. The van der Waals surface area contributed by atoms with Crippen molar-refractivity contribution < 1.29 is 19.4 Å². The number of nitrogens with one attached hydrogen (secondary N) is 1. The monoisotopic (exact) mass is 463 g/mol. The number of carbonyl (C=O) groups is 2. The van der Waals surface area contributed by atoms with E-state index in [1.165, 1.54) is 0 Å². The number of benzene rings is 1. The number of ketones is 1. The second-order valence-corrected chi connectivity index (χ2v) is 8.86. The van der Waals surface area contributed by atoms with Gasteiger partial charge in [0, 0.05) is 56.2 Å². The van der Waals surface area contributed by atoms with E-state index in [0.717, 1.165) is 61.5 Å². The summed E-state index contributed by atoms with van der Waals surface area (Å²) in [5.74, 6) is 1.14. The summed E-state index contributed by atoms with van der Waals surface area (Å²) in [6.07, 6.45) is 13.8. The van der Waals surface area contributed by atoms with E-state index in [2.05, 4.69) is 21.2 Å². The van der Waals surface area contributed by atoms with Crippen molar-refractivity contribution in [1.82, 2.24) is 15.1 Å². The lowest BCUT2D eigenvalue weighted by Crippen LogP contribution is -2.38. The lowest BCUT2D eigenvalue weighted by molar-refractivity contribution is -0.114. The Hall–Kier alpha value is -3.16. The normalized spacial score (nSPS) is 19.0. The van der Waals surface area contributed by atoms with Crippen molar-refractivity contribution in [3.05, 3.63) is 83.6 Å². The fourth-order valence-corrected chi connectivity index (χ4v) is 4.61. The number of allylic oxidation sites excluding steroid dienone is 4. The van der Waals surface area contributed by atoms with Crippen LogP contribution in [0, 0.1) is 0 Å². The number of amides is 1. The van der Waals surface area contributed by atoms with Gasteiger partial charge in [0.2, 0.25) is 0 Å². The van der Waals surface area contributed by atoms with Gasteiger partial charge in [0.1, 0.15) is 12.0 Å². The molecular formula is C27H33N3O4. The van der Waals surface area contributed by atoms with Crippen molar-refractivity contribution in [3.63, 3.8) is 0 Å². The molecule has 1 fully saturated rings. The molecule has 1 saturated heterocycles. The molecule has 1 aromatic rings. The minimum absolute atomic E-state index is 0.0570. The van der Waals surface area contributed by atoms with E-state index in [0.29, 0.717) is 25.3 Å². The number of aliphatic hydroxyl groups is 1. The SMILES string of the molecule is O=C1C=CC=C(C2=CN(CCN3CCC(c4ccccc4C(=O)NCCCO)CC3)C=CO2)C1. The van der Waals surface area contributed by atoms with Gasteiger partial charge >= 0.3 is 0 Å². The van der Waals surface area contributed by atoms with Crippen LogP contribution >= 0.6 is 0 Å². The average molecular weight is 464 g/mol. The molecule has 1 amide bonds. The third kappa shape index (κ3) is 6.24. The van der Waals surface area contributed by atoms with Crippen LogP contribution in [0.5, 0.6) is 0 Å². The van der Waals surface area contributed by atoms with Gasteiger partial charge < -0.3 is 25.0 Å². The Morgan fingerprint density at radius 3 is 2.79 bits per heavy atom. The summed E-state index contributed by atoms with van der Waals surface area (Å²) in [6.45, 7) is 4.31. The van der Waals surface area contributed by atoms with Crippen molar-refractivity contribution in [2.24, 2.45) is 0 Å². The summed E-state index contributed by atoms with van der Waals surface area (Å²) in [5.41, 5.74) is 2.78. The number of likely N-dealkylation sites (tertiary alicyclic amines) is 1. The highest BCUT2D eigenvalue weighted by Gasteiger charge is 2.24. The molecule has 0 unspecified atom stereocenters. The molecule has 0 radical (unpaired) electrons. The average Bonchev–Trinajstić information content (AvgIpc) is 2.88. The van der Waals surface area contributed by atoms with E-state index in [1.54, 1.807) is 18.4 Å². The van der Waals surface area contributed by atoms with Gasteiger partial charge in [0.15, 0.2) is 5.78 Å². The molecule has 34 heavy (non-hydrogen) atoms. The van der Waals surface area contributed by atoms with Gasteiger partial charge in [-0.15, -0.1) is 0 Å². The van der Waals surface area contributed by atoms with Crippen LogP contribution in [0.2, 0.25) is 0 Å². The van der Waals surface area contributed by atoms with E-state index in [1.807, 2.05) is 36.7 Å². The third-order valence-electron chi connectivity index (χ3n) is 6.52.